The Bertz CT molecular complexity index is 550. The molecule has 0 bridgehead atoms. The molecule has 0 saturated heterocycles. The second-order valence-corrected chi connectivity index (χ2v) is 10.9. The van der Waals surface area contributed by atoms with Crippen LogP contribution < -0.4 is 0 Å². The zero-order valence-corrected chi connectivity index (χ0v) is 18.6. The predicted octanol–water partition coefficient (Wildman–Crippen LogP) is 7.55. The zero-order valence-electron chi connectivity index (χ0n) is 18.6. The molecule has 154 valence electrons. The molecule has 0 aliphatic heterocycles. The van der Waals surface area contributed by atoms with Crippen molar-refractivity contribution in [1.29, 1.82) is 0 Å². The molecule has 3 fully saturated rings. The molecule has 0 heterocycles. The third-order valence-corrected chi connectivity index (χ3v) is 9.77. The minimum absolute atomic E-state index is 0.427. The second kappa shape index (κ2) is 7.85. The number of hydrogen-bond donors (Lipinski definition) is 0. The SMILES string of the molecule is CCCCCO[C@@H]1C[C@H]2[C@@H]3CC[C@H](CC)[C@@]3(C)CC[C@@H]2[C@@]2(C)CCCC=C12. The number of unbranched alkanes of at least 4 members (excludes halogenated alkanes) is 2. The van der Waals surface area contributed by atoms with E-state index in [-0.39, 0.29) is 0 Å². The molecule has 0 aromatic rings. The Labute approximate surface area is 168 Å². The van der Waals surface area contributed by atoms with Crippen LogP contribution in [0.1, 0.15) is 105 Å². The first kappa shape index (κ1) is 20.0. The van der Waals surface area contributed by atoms with Crippen LogP contribution in [0, 0.1) is 34.5 Å². The van der Waals surface area contributed by atoms with Crippen molar-refractivity contribution in [1.82, 2.24) is 0 Å². The summed E-state index contributed by atoms with van der Waals surface area (Å²) in [5, 5.41) is 0. The van der Waals surface area contributed by atoms with Gasteiger partial charge in [-0.2, -0.15) is 0 Å². The maximum Gasteiger partial charge on any atom is 0.0793 e. The van der Waals surface area contributed by atoms with E-state index in [0.717, 1.165) is 30.3 Å². The molecule has 1 heteroatoms. The molecule has 0 spiro atoms. The van der Waals surface area contributed by atoms with Crippen LogP contribution in [0.5, 0.6) is 0 Å². The molecule has 0 unspecified atom stereocenters. The molecule has 4 aliphatic rings. The Hall–Kier alpha value is -0.300. The summed E-state index contributed by atoms with van der Waals surface area (Å²) in [6.45, 7) is 11.0. The molecule has 0 aromatic carbocycles. The molecule has 0 aromatic heterocycles. The molecule has 0 amide bonds. The summed E-state index contributed by atoms with van der Waals surface area (Å²) < 4.78 is 6.64. The number of ether oxygens (including phenoxy) is 1. The zero-order chi connectivity index (χ0) is 19.1. The van der Waals surface area contributed by atoms with Gasteiger partial charge < -0.3 is 4.74 Å². The normalized spacial score (nSPS) is 46.4. The third-order valence-electron chi connectivity index (χ3n) is 9.77. The summed E-state index contributed by atoms with van der Waals surface area (Å²) >= 11 is 0. The highest BCUT2D eigenvalue weighted by atomic mass is 16.5. The lowest BCUT2D eigenvalue weighted by Crippen LogP contribution is -2.53. The maximum atomic E-state index is 6.64. The smallest absolute Gasteiger partial charge is 0.0793 e. The van der Waals surface area contributed by atoms with Crippen LogP contribution in [-0.2, 0) is 4.74 Å². The van der Waals surface area contributed by atoms with Gasteiger partial charge in [-0.1, -0.05) is 53.0 Å². The highest BCUT2D eigenvalue weighted by Crippen LogP contribution is 2.67. The summed E-state index contributed by atoms with van der Waals surface area (Å²) in [5.41, 5.74) is 2.78. The maximum absolute atomic E-state index is 6.64. The number of hydrogen-bond acceptors (Lipinski definition) is 1. The standard InChI is InChI=1S/C26H44O/c1-5-7-10-17-27-24-18-20-21-13-12-19(6-2)25(21,3)16-14-22(20)26(4)15-9-8-11-23(24)26/h11,19-22,24H,5-10,12-18H2,1-4H3/t19-,20-,21-,22-,24+,25+,26+/m0/s1. The third kappa shape index (κ3) is 3.24. The molecule has 1 nitrogen and oxygen atoms in total. The van der Waals surface area contributed by atoms with Crippen molar-refractivity contribution in [3.63, 3.8) is 0 Å². The van der Waals surface area contributed by atoms with Gasteiger partial charge in [0.1, 0.15) is 0 Å². The van der Waals surface area contributed by atoms with Gasteiger partial charge in [-0.3, -0.25) is 0 Å². The van der Waals surface area contributed by atoms with Crippen molar-refractivity contribution in [2.75, 3.05) is 6.61 Å². The van der Waals surface area contributed by atoms with Crippen LogP contribution >= 0.6 is 0 Å². The van der Waals surface area contributed by atoms with E-state index in [1.54, 1.807) is 5.57 Å². The Morgan fingerprint density at radius 2 is 1.89 bits per heavy atom. The fourth-order valence-electron chi connectivity index (χ4n) is 8.30. The minimum Gasteiger partial charge on any atom is -0.374 e. The average molecular weight is 373 g/mol. The predicted molar refractivity (Wildman–Crippen MR) is 115 cm³/mol. The summed E-state index contributed by atoms with van der Waals surface area (Å²) in [4.78, 5) is 0. The Morgan fingerprint density at radius 3 is 2.67 bits per heavy atom. The van der Waals surface area contributed by atoms with E-state index in [1.165, 1.54) is 77.0 Å². The molecular weight excluding hydrogens is 328 g/mol. The van der Waals surface area contributed by atoms with Gasteiger partial charge in [0.25, 0.3) is 0 Å². The molecule has 0 N–H and O–H groups in total. The summed E-state index contributed by atoms with van der Waals surface area (Å²) in [6, 6.07) is 0. The Balaban J connectivity index is 1.59. The van der Waals surface area contributed by atoms with Crippen LogP contribution in [0.25, 0.3) is 0 Å². The molecule has 0 radical (unpaired) electrons. The lowest BCUT2D eigenvalue weighted by Gasteiger charge is -2.60. The molecule has 7 atom stereocenters. The van der Waals surface area contributed by atoms with E-state index in [4.69, 9.17) is 4.74 Å². The van der Waals surface area contributed by atoms with Gasteiger partial charge in [-0.05, 0) is 97.9 Å². The van der Waals surface area contributed by atoms with E-state index >= 15 is 0 Å². The fourth-order valence-corrected chi connectivity index (χ4v) is 8.30. The van der Waals surface area contributed by atoms with Crippen LogP contribution in [-0.4, -0.2) is 12.7 Å². The average Bonchev–Trinajstić information content (AvgIpc) is 3.01. The van der Waals surface area contributed by atoms with Crippen molar-refractivity contribution in [2.45, 2.75) is 111 Å². The number of fused-ring (bicyclic) bond motifs is 5. The van der Waals surface area contributed by atoms with Crippen LogP contribution in [0.4, 0.5) is 0 Å². The van der Waals surface area contributed by atoms with E-state index in [0.29, 0.717) is 16.9 Å². The topological polar surface area (TPSA) is 9.23 Å². The molecule has 3 saturated carbocycles. The number of allylic oxidation sites excluding steroid dienone is 1. The molecule has 27 heavy (non-hydrogen) atoms. The van der Waals surface area contributed by atoms with E-state index in [9.17, 15) is 0 Å². The van der Waals surface area contributed by atoms with E-state index < -0.39 is 0 Å². The van der Waals surface area contributed by atoms with Gasteiger partial charge >= 0.3 is 0 Å². The fraction of sp³-hybridized carbons (Fsp3) is 0.923. The van der Waals surface area contributed by atoms with Crippen LogP contribution in [0.2, 0.25) is 0 Å². The van der Waals surface area contributed by atoms with E-state index in [2.05, 4.69) is 33.8 Å². The molecule has 4 aliphatic carbocycles. The van der Waals surface area contributed by atoms with Gasteiger partial charge in [-0.25, -0.2) is 0 Å². The van der Waals surface area contributed by atoms with Gasteiger partial charge in [0.15, 0.2) is 0 Å². The quantitative estimate of drug-likeness (QED) is 0.345. The van der Waals surface area contributed by atoms with Crippen molar-refractivity contribution in [2.24, 2.45) is 34.5 Å². The first-order valence-corrected chi connectivity index (χ1v) is 12.4. The minimum atomic E-state index is 0.427. The van der Waals surface area contributed by atoms with E-state index in [1.807, 2.05) is 0 Å². The summed E-state index contributed by atoms with van der Waals surface area (Å²) in [6.07, 6.45) is 19.6. The highest BCUT2D eigenvalue weighted by Gasteiger charge is 2.59. The van der Waals surface area contributed by atoms with Gasteiger partial charge in [0.2, 0.25) is 0 Å². The Morgan fingerprint density at radius 1 is 1.04 bits per heavy atom. The van der Waals surface area contributed by atoms with Crippen LogP contribution in [0.15, 0.2) is 11.6 Å². The summed E-state index contributed by atoms with van der Waals surface area (Å²) in [5.74, 6) is 3.77. The first-order chi connectivity index (χ1) is 13.0. The summed E-state index contributed by atoms with van der Waals surface area (Å²) in [7, 11) is 0. The lowest BCUT2D eigenvalue weighted by molar-refractivity contribution is -0.0932. The molecular formula is C26H44O. The number of rotatable bonds is 6. The van der Waals surface area contributed by atoms with Crippen molar-refractivity contribution < 1.29 is 4.74 Å². The van der Waals surface area contributed by atoms with Gasteiger partial charge in [-0.15, -0.1) is 0 Å². The Kier molecular flexibility index (Phi) is 5.81. The van der Waals surface area contributed by atoms with Crippen molar-refractivity contribution in [3.8, 4) is 0 Å². The second-order valence-electron chi connectivity index (χ2n) is 10.9. The van der Waals surface area contributed by atoms with Crippen molar-refractivity contribution >= 4 is 0 Å². The monoisotopic (exact) mass is 372 g/mol. The highest BCUT2D eigenvalue weighted by molar-refractivity contribution is 5.28. The van der Waals surface area contributed by atoms with Gasteiger partial charge in [0.05, 0.1) is 6.10 Å². The van der Waals surface area contributed by atoms with Crippen molar-refractivity contribution in [3.05, 3.63) is 11.6 Å². The van der Waals surface area contributed by atoms with Gasteiger partial charge in [0, 0.05) is 6.61 Å². The first-order valence-electron chi connectivity index (χ1n) is 12.4. The lowest BCUT2D eigenvalue weighted by atomic mass is 9.46. The van der Waals surface area contributed by atoms with Crippen LogP contribution in [0.3, 0.4) is 0 Å². The largest absolute Gasteiger partial charge is 0.374 e. The molecule has 4 rings (SSSR count).